The van der Waals surface area contributed by atoms with Gasteiger partial charge in [0.2, 0.25) is 0 Å². The molecule has 1 aliphatic heterocycles. The minimum atomic E-state index is -1.69. The van der Waals surface area contributed by atoms with Gasteiger partial charge in [0.05, 0.1) is 17.6 Å². The first kappa shape index (κ1) is 15.6. The zero-order valence-electron chi connectivity index (χ0n) is 12.3. The molecule has 0 aromatic rings. The van der Waals surface area contributed by atoms with Gasteiger partial charge < -0.3 is 20.1 Å². The van der Waals surface area contributed by atoms with E-state index in [1.165, 1.54) is 6.92 Å². The highest BCUT2D eigenvalue weighted by molar-refractivity contribution is 5.91. The summed E-state index contributed by atoms with van der Waals surface area (Å²) in [4.78, 5) is 16.4. The van der Waals surface area contributed by atoms with Crippen LogP contribution in [0.5, 0.6) is 0 Å². The lowest BCUT2D eigenvalue weighted by Crippen LogP contribution is -2.53. The van der Waals surface area contributed by atoms with Gasteiger partial charge in [-0.1, -0.05) is 18.7 Å². The predicted molar refractivity (Wildman–Crippen MR) is 73.4 cm³/mol. The lowest BCUT2D eigenvalue weighted by molar-refractivity contribution is -0.324. The van der Waals surface area contributed by atoms with E-state index in [9.17, 15) is 25.4 Å². The van der Waals surface area contributed by atoms with Gasteiger partial charge in [-0.2, -0.15) is 0 Å². The summed E-state index contributed by atoms with van der Waals surface area (Å²) in [6, 6.07) is 0. The molecular formula is C15H20O7. The Balaban J connectivity index is 2.15. The Morgan fingerprint density at radius 1 is 1.36 bits per heavy atom. The average Bonchev–Trinajstić information content (AvgIpc) is 2.94. The third-order valence-corrected chi connectivity index (χ3v) is 5.46. The van der Waals surface area contributed by atoms with Crippen LogP contribution in [0.15, 0.2) is 24.3 Å². The van der Waals surface area contributed by atoms with Gasteiger partial charge in [-0.25, -0.2) is 9.68 Å². The molecule has 0 unspecified atom stereocenters. The van der Waals surface area contributed by atoms with Gasteiger partial charge in [-0.15, -0.1) is 0 Å². The Kier molecular flexibility index (Phi) is 3.29. The van der Waals surface area contributed by atoms with E-state index in [4.69, 9.17) is 4.74 Å². The molecule has 2 aliphatic carbocycles. The molecule has 1 heterocycles. The zero-order valence-corrected chi connectivity index (χ0v) is 12.3. The SMILES string of the molecule is C=C1C(=O)O[C@H]2[C@H]1[C@@H](O)[C@@H](O)[C@@](C)(O)[C@@H]1C=C[C@@](C)(OO)[C@H]21. The largest absolute Gasteiger partial charge is 0.458 e. The second kappa shape index (κ2) is 4.62. The van der Waals surface area contributed by atoms with Crippen molar-refractivity contribution in [3.63, 3.8) is 0 Å². The minimum absolute atomic E-state index is 0.0418. The molecule has 4 N–H and O–H groups in total. The molecule has 7 heteroatoms. The van der Waals surface area contributed by atoms with E-state index >= 15 is 0 Å². The van der Waals surface area contributed by atoms with Crippen LogP contribution >= 0.6 is 0 Å². The van der Waals surface area contributed by atoms with Crippen LogP contribution in [0.25, 0.3) is 0 Å². The number of hydrogen-bond donors (Lipinski definition) is 4. The molecule has 3 rings (SSSR count). The molecule has 1 saturated carbocycles. The number of aliphatic hydroxyl groups excluding tert-OH is 2. The van der Waals surface area contributed by atoms with E-state index in [0.29, 0.717) is 0 Å². The highest BCUT2D eigenvalue weighted by Crippen LogP contribution is 2.53. The van der Waals surface area contributed by atoms with Crippen molar-refractivity contribution in [1.29, 1.82) is 0 Å². The Bertz CT molecular complexity index is 554. The van der Waals surface area contributed by atoms with Gasteiger partial charge in [0, 0.05) is 17.4 Å². The molecule has 1 saturated heterocycles. The van der Waals surface area contributed by atoms with Crippen LogP contribution in [0, 0.1) is 17.8 Å². The van der Waals surface area contributed by atoms with Crippen molar-refractivity contribution in [2.75, 3.05) is 0 Å². The van der Waals surface area contributed by atoms with Crippen molar-refractivity contribution >= 4 is 5.97 Å². The van der Waals surface area contributed by atoms with Crippen molar-refractivity contribution in [1.82, 2.24) is 0 Å². The van der Waals surface area contributed by atoms with Gasteiger partial charge in [-0.3, -0.25) is 5.26 Å². The van der Waals surface area contributed by atoms with Gasteiger partial charge in [0.15, 0.2) is 0 Å². The molecule has 0 bridgehead atoms. The number of aliphatic hydroxyl groups is 3. The molecule has 3 aliphatic rings. The smallest absolute Gasteiger partial charge is 0.334 e. The molecule has 0 aromatic carbocycles. The number of carbonyl (C=O) groups excluding carboxylic acids is 1. The maximum absolute atomic E-state index is 11.9. The Morgan fingerprint density at radius 3 is 2.59 bits per heavy atom. The third kappa shape index (κ3) is 1.77. The van der Waals surface area contributed by atoms with Crippen molar-refractivity contribution in [3.8, 4) is 0 Å². The van der Waals surface area contributed by atoms with E-state index in [1.807, 2.05) is 0 Å². The van der Waals surface area contributed by atoms with Gasteiger partial charge in [-0.05, 0) is 13.8 Å². The van der Waals surface area contributed by atoms with Gasteiger partial charge >= 0.3 is 5.97 Å². The van der Waals surface area contributed by atoms with Crippen molar-refractivity contribution in [2.45, 2.75) is 43.4 Å². The zero-order chi connectivity index (χ0) is 16.4. The summed E-state index contributed by atoms with van der Waals surface area (Å²) in [5, 5.41) is 40.8. The fraction of sp³-hybridized carbons (Fsp3) is 0.667. The fourth-order valence-corrected chi connectivity index (χ4v) is 4.11. The summed E-state index contributed by atoms with van der Waals surface area (Å²) < 4.78 is 5.33. The number of hydrogen-bond acceptors (Lipinski definition) is 7. The van der Waals surface area contributed by atoms with Crippen LogP contribution in [-0.4, -0.2) is 56.1 Å². The predicted octanol–water partition coefficient (Wildman–Crippen LogP) is -0.379. The molecule has 8 atom stereocenters. The third-order valence-electron chi connectivity index (χ3n) is 5.46. The monoisotopic (exact) mass is 312 g/mol. The molecular weight excluding hydrogens is 292 g/mol. The summed E-state index contributed by atoms with van der Waals surface area (Å²) in [7, 11) is 0. The standard InChI is InChI=1S/C15H20O7/c1-6-8-10(16)12(17)15(3,19)7-4-5-14(2,22-20)9(7)11(8)21-13(6)18/h4-5,7-12,16-17,19-20H,1H2,2-3H3/t7-,8-,9+,10-,11+,12-,14-,15+/m1/s1. The second-order valence-electron chi connectivity index (χ2n) is 6.77. The van der Waals surface area contributed by atoms with Crippen LogP contribution in [-0.2, 0) is 14.4 Å². The summed E-state index contributed by atoms with van der Waals surface area (Å²) in [6.45, 7) is 6.61. The number of ether oxygens (including phenoxy) is 1. The Hall–Kier alpha value is -1.25. The van der Waals surface area contributed by atoms with E-state index < -0.39 is 53.2 Å². The number of fused-ring (bicyclic) bond motifs is 3. The Morgan fingerprint density at radius 2 is 2.00 bits per heavy atom. The highest BCUT2D eigenvalue weighted by atomic mass is 17.1. The normalized spacial score (nSPS) is 53.9. The second-order valence-corrected chi connectivity index (χ2v) is 6.77. The summed E-state index contributed by atoms with van der Waals surface area (Å²) in [5.41, 5.74) is -2.86. The lowest BCUT2D eigenvalue weighted by Gasteiger charge is -2.39. The number of rotatable bonds is 1. The van der Waals surface area contributed by atoms with Gasteiger partial charge in [0.1, 0.15) is 17.8 Å². The molecule has 2 fully saturated rings. The minimum Gasteiger partial charge on any atom is -0.458 e. The lowest BCUT2D eigenvalue weighted by atomic mass is 9.73. The van der Waals surface area contributed by atoms with E-state index in [2.05, 4.69) is 11.5 Å². The summed E-state index contributed by atoms with van der Waals surface area (Å²) >= 11 is 0. The van der Waals surface area contributed by atoms with E-state index in [1.54, 1.807) is 19.1 Å². The molecule has 22 heavy (non-hydrogen) atoms. The van der Waals surface area contributed by atoms with Gasteiger partial charge in [0.25, 0.3) is 0 Å². The first-order valence-electron chi connectivity index (χ1n) is 7.15. The molecule has 7 nitrogen and oxygen atoms in total. The van der Waals surface area contributed by atoms with Crippen LogP contribution in [0.3, 0.4) is 0 Å². The topological polar surface area (TPSA) is 116 Å². The van der Waals surface area contributed by atoms with Crippen LogP contribution in [0.1, 0.15) is 13.8 Å². The molecule has 0 radical (unpaired) electrons. The molecule has 0 aromatic heterocycles. The quantitative estimate of drug-likeness (QED) is 0.171. The number of carbonyl (C=O) groups is 1. The maximum atomic E-state index is 11.9. The molecule has 0 amide bonds. The highest BCUT2D eigenvalue weighted by Gasteiger charge is 2.65. The van der Waals surface area contributed by atoms with Crippen LogP contribution in [0.2, 0.25) is 0 Å². The van der Waals surface area contributed by atoms with Crippen molar-refractivity contribution in [2.24, 2.45) is 17.8 Å². The van der Waals surface area contributed by atoms with E-state index in [0.717, 1.165) is 0 Å². The first-order valence-corrected chi connectivity index (χ1v) is 7.15. The van der Waals surface area contributed by atoms with Crippen LogP contribution < -0.4 is 0 Å². The average molecular weight is 312 g/mol. The summed E-state index contributed by atoms with van der Waals surface area (Å²) in [5.74, 6) is -2.89. The summed E-state index contributed by atoms with van der Waals surface area (Å²) in [6.07, 6.45) is -0.620. The van der Waals surface area contributed by atoms with Crippen molar-refractivity contribution in [3.05, 3.63) is 24.3 Å². The Labute approximate surface area is 127 Å². The number of esters is 1. The maximum Gasteiger partial charge on any atom is 0.334 e. The first-order chi connectivity index (χ1) is 10.1. The molecule has 122 valence electrons. The van der Waals surface area contributed by atoms with E-state index in [-0.39, 0.29) is 5.57 Å². The fourth-order valence-electron chi connectivity index (χ4n) is 4.11. The van der Waals surface area contributed by atoms with Crippen molar-refractivity contribution < 1.29 is 35.0 Å². The molecule has 0 spiro atoms. The van der Waals surface area contributed by atoms with Crippen LogP contribution in [0.4, 0.5) is 0 Å².